The number of benzene rings is 1. The average Bonchev–Trinajstić information content (AvgIpc) is 2.31. The van der Waals surface area contributed by atoms with Crippen molar-refractivity contribution in [2.45, 2.75) is 6.61 Å². The predicted molar refractivity (Wildman–Crippen MR) is 63.9 cm³/mol. The van der Waals surface area contributed by atoms with E-state index < -0.39 is 0 Å². The van der Waals surface area contributed by atoms with Gasteiger partial charge in [0.1, 0.15) is 5.82 Å². The molecule has 0 unspecified atom stereocenters. The molecule has 1 aromatic carbocycles. The van der Waals surface area contributed by atoms with E-state index in [2.05, 4.69) is 11.8 Å². The van der Waals surface area contributed by atoms with Crippen LogP contribution in [0.3, 0.4) is 0 Å². The smallest absolute Gasteiger partial charge is 0.124 e. The summed E-state index contributed by atoms with van der Waals surface area (Å²) in [4.78, 5) is 0. The highest BCUT2D eigenvalue weighted by Gasteiger charge is 1.99. The molecule has 0 saturated carbocycles. The maximum Gasteiger partial charge on any atom is 0.124 e. The molecule has 0 aromatic heterocycles. The van der Waals surface area contributed by atoms with Gasteiger partial charge in [0.2, 0.25) is 0 Å². The monoisotopic (exact) mass is 237 g/mol. The van der Waals surface area contributed by atoms with Crippen LogP contribution >= 0.6 is 0 Å². The lowest BCUT2D eigenvalue weighted by molar-refractivity contribution is 0.0615. The number of halogens is 1. The molecule has 17 heavy (non-hydrogen) atoms. The number of hydrogen-bond donors (Lipinski definition) is 1. The first-order chi connectivity index (χ1) is 8.26. The van der Waals surface area contributed by atoms with Gasteiger partial charge in [0.05, 0.1) is 26.4 Å². The lowest BCUT2D eigenvalue weighted by atomic mass is 10.1. The standard InChI is InChI=1S/C13H16FNO2/c1-16-5-6-17-10-12-7-11(3-2-4-15)8-13(14)9-12/h7-9H,4-6,10,15H2,1H3. The van der Waals surface area contributed by atoms with Crippen molar-refractivity contribution in [3.05, 3.63) is 35.1 Å². The normalized spacial score (nSPS) is 9.82. The predicted octanol–water partition coefficient (Wildman–Crippen LogP) is 1.30. The largest absolute Gasteiger partial charge is 0.382 e. The van der Waals surface area contributed by atoms with E-state index in [0.29, 0.717) is 25.4 Å². The van der Waals surface area contributed by atoms with E-state index in [9.17, 15) is 4.39 Å². The van der Waals surface area contributed by atoms with Gasteiger partial charge in [-0.2, -0.15) is 0 Å². The van der Waals surface area contributed by atoms with Gasteiger partial charge >= 0.3 is 0 Å². The maximum absolute atomic E-state index is 13.3. The Morgan fingerprint density at radius 1 is 1.29 bits per heavy atom. The van der Waals surface area contributed by atoms with E-state index >= 15 is 0 Å². The molecule has 0 atom stereocenters. The van der Waals surface area contributed by atoms with Crippen LogP contribution in [0.15, 0.2) is 18.2 Å². The summed E-state index contributed by atoms with van der Waals surface area (Å²) < 4.78 is 23.4. The number of nitrogens with two attached hydrogens (primary N) is 1. The molecule has 1 aromatic rings. The molecule has 4 heteroatoms. The van der Waals surface area contributed by atoms with E-state index in [1.807, 2.05) is 0 Å². The molecule has 3 nitrogen and oxygen atoms in total. The highest BCUT2D eigenvalue weighted by molar-refractivity contribution is 5.37. The van der Waals surface area contributed by atoms with Crippen LogP contribution in [0.1, 0.15) is 11.1 Å². The fourth-order valence-corrected chi connectivity index (χ4v) is 1.29. The summed E-state index contributed by atoms with van der Waals surface area (Å²) in [6.45, 7) is 1.61. The van der Waals surface area contributed by atoms with Crippen molar-refractivity contribution in [3.8, 4) is 11.8 Å². The molecule has 2 N–H and O–H groups in total. The molecular formula is C13H16FNO2. The third kappa shape index (κ3) is 5.45. The fraction of sp³-hybridized carbons (Fsp3) is 0.385. The van der Waals surface area contributed by atoms with Crippen LogP contribution in [-0.2, 0) is 16.1 Å². The van der Waals surface area contributed by atoms with Gasteiger partial charge in [-0.05, 0) is 23.8 Å². The second-order valence-electron chi connectivity index (χ2n) is 3.40. The SMILES string of the molecule is COCCOCc1cc(F)cc(C#CCN)c1. The zero-order valence-corrected chi connectivity index (χ0v) is 9.83. The molecule has 0 heterocycles. The third-order valence-electron chi connectivity index (χ3n) is 1.99. The van der Waals surface area contributed by atoms with Gasteiger partial charge in [0.15, 0.2) is 0 Å². The Morgan fingerprint density at radius 3 is 2.82 bits per heavy atom. The lowest BCUT2D eigenvalue weighted by Gasteiger charge is -2.04. The molecule has 0 aliphatic rings. The first-order valence-corrected chi connectivity index (χ1v) is 5.31. The van der Waals surface area contributed by atoms with Crippen molar-refractivity contribution in [2.24, 2.45) is 5.73 Å². The Balaban J connectivity index is 2.62. The van der Waals surface area contributed by atoms with Gasteiger partial charge in [0.25, 0.3) is 0 Å². The van der Waals surface area contributed by atoms with Crippen molar-refractivity contribution in [3.63, 3.8) is 0 Å². The fourth-order valence-electron chi connectivity index (χ4n) is 1.29. The van der Waals surface area contributed by atoms with Crippen molar-refractivity contribution >= 4 is 0 Å². The number of methoxy groups -OCH3 is 1. The Hall–Kier alpha value is -1.41. The van der Waals surface area contributed by atoms with Crippen LogP contribution in [0.2, 0.25) is 0 Å². The van der Waals surface area contributed by atoms with Crippen LogP contribution in [0.25, 0.3) is 0 Å². The van der Waals surface area contributed by atoms with E-state index in [0.717, 1.165) is 5.56 Å². The van der Waals surface area contributed by atoms with Crippen LogP contribution in [0, 0.1) is 17.7 Å². The van der Waals surface area contributed by atoms with E-state index in [1.165, 1.54) is 12.1 Å². The maximum atomic E-state index is 13.3. The Kier molecular flexibility index (Phi) is 6.26. The molecule has 0 spiro atoms. The first kappa shape index (κ1) is 13.7. The minimum atomic E-state index is -0.320. The second kappa shape index (κ2) is 7.80. The zero-order chi connectivity index (χ0) is 12.5. The first-order valence-electron chi connectivity index (χ1n) is 5.31. The summed E-state index contributed by atoms with van der Waals surface area (Å²) in [7, 11) is 1.60. The summed E-state index contributed by atoms with van der Waals surface area (Å²) in [5.41, 5.74) is 6.62. The number of rotatable bonds is 5. The van der Waals surface area contributed by atoms with Crippen molar-refractivity contribution in [1.82, 2.24) is 0 Å². The molecule has 1 rings (SSSR count). The van der Waals surface area contributed by atoms with Crippen molar-refractivity contribution < 1.29 is 13.9 Å². The van der Waals surface area contributed by atoms with Gasteiger partial charge in [-0.15, -0.1) is 0 Å². The molecule has 0 bridgehead atoms. The second-order valence-corrected chi connectivity index (χ2v) is 3.40. The minimum absolute atomic E-state index is 0.260. The molecule has 0 fully saturated rings. The highest BCUT2D eigenvalue weighted by Crippen LogP contribution is 2.09. The molecule has 0 saturated heterocycles. The Bertz CT molecular complexity index is 410. The summed E-state index contributed by atoms with van der Waals surface area (Å²) >= 11 is 0. The van der Waals surface area contributed by atoms with E-state index in [-0.39, 0.29) is 12.4 Å². The van der Waals surface area contributed by atoms with Crippen LogP contribution in [0.5, 0.6) is 0 Å². The minimum Gasteiger partial charge on any atom is -0.382 e. The molecule has 0 radical (unpaired) electrons. The molecule has 0 aliphatic carbocycles. The zero-order valence-electron chi connectivity index (χ0n) is 9.83. The Labute approximate surface area is 101 Å². The summed E-state index contributed by atoms with van der Waals surface area (Å²) in [5, 5.41) is 0. The summed E-state index contributed by atoms with van der Waals surface area (Å²) in [5.74, 6) is 5.16. The van der Waals surface area contributed by atoms with Crippen LogP contribution in [-0.4, -0.2) is 26.9 Å². The van der Waals surface area contributed by atoms with Gasteiger partial charge < -0.3 is 15.2 Å². The van der Waals surface area contributed by atoms with Crippen molar-refractivity contribution in [2.75, 3.05) is 26.9 Å². The van der Waals surface area contributed by atoms with E-state index in [4.69, 9.17) is 15.2 Å². The highest BCUT2D eigenvalue weighted by atomic mass is 19.1. The molecule has 92 valence electrons. The Morgan fingerprint density at radius 2 is 2.12 bits per heavy atom. The molecular weight excluding hydrogens is 221 g/mol. The lowest BCUT2D eigenvalue weighted by Crippen LogP contribution is -2.02. The van der Waals surface area contributed by atoms with Gasteiger partial charge in [-0.3, -0.25) is 0 Å². The topological polar surface area (TPSA) is 44.5 Å². The summed E-state index contributed by atoms with van der Waals surface area (Å²) in [6.07, 6.45) is 0. The molecule has 0 aliphatic heterocycles. The number of hydrogen-bond acceptors (Lipinski definition) is 3. The third-order valence-corrected chi connectivity index (χ3v) is 1.99. The van der Waals surface area contributed by atoms with Crippen LogP contribution < -0.4 is 5.73 Å². The number of ether oxygens (including phenoxy) is 2. The van der Waals surface area contributed by atoms with Gasteiger partial charge in [-0.1, -0.05) is 11.8 Å². The van der Waals surface area contributed by atoms with E-state index in [1.54, 1.807) is 13.2 Å². The van der Waals surface area contributed by atoms with Gasteiger partial charge in [0, 0.05) is 12.7 Å². The molecule has 0 amide bonds. The quantitative estimate of drug-likeness (QED) is 0.620. The summed E-state index contributed by atoms with van der Waals surface area (Å²) in [6, 6.07) is 4.60. The van der Waals surface area contributed by atoms with Crippen molar-refractivity contribution in [1.29, 1.82) is 0 Å². The van der Waals surface area contributed by atoms with Gasteiger partial charge in [-0.25, -0.2) is 4.39 Å². The average molecular weight is 237 g/mol. The van der Waals surface area contributed by atoms with Crippen LogP contribution in [0.4, 0.5) is 4.39 Å².